The van der Waals surface area contributed by atoms with Crippen LogP contribution in [0.15, 0.2) is 48.5 Å². The molecule has 1 N–H and O–H groups in total. The fraction of sp³-hybridized carbons (Fsp3) is 0.235. The summed E-state index contributed by atoms with van der Waals surface area (Å²) in [5.41, 5.74) is 4.45. The molecule has 0 spiro atoms. The molecule has 0 saturated heterocycles. The molecule has 0 aliphatic carbocycles. The zero-order valence-electron chi connectivity index (χ0n) is 11.8. The predicted octanol–water partition coefficient (Wildman–Crippen LogP) is 3.51. The number of fused-ring (bicyclic) bond motifs is 1. The summed E-state index contributed by atoms with van der Waals surface area (Å²) in [6.45, 7) is 2.07. The van der Waals surface area contributed by atoms with E-state index in [0.29, 0.717) is 6.42 Å². The van der Waals surface area contributed by atoms with Gasteiger partial charge in [-0.05, 0) is 30.2 Å². The van der Waals surface area contributed by atoms with Crippen molar-refractivity contribution < 1.29 is 4.79 Å². The van der Waals surface area contributed by atoms with Crippen molar-refractivity contribution in [1.82, 2.24) is 0 Å². The molecule has 0 saturated carbocycles. The first-order valence-corrected chi connectivity index (χ1v) is 6.84. The van der Waals surface area contributed by atoms with Crippen LogP contribution in [0.4, 0.5) is 11.4 Å². The molecule has 1 aliphatic rings. The molecule has 1 aliphatic heterocycles. The number of amides is 1. The molecule has 1 amide bonds. The number of nitrogens with zero attached hydrogens (tertiary/aromatic N) is 1. The number of para-hydroxylation sites is 2. The maximum absolute atomic E-state index is 12.1. The highest BCUT2D eigenvalue weighted by molar-refractivity contribution is 5.97. The maximum atomic E-state index is 12.1. The molecule has 1 heterocycles. The van der Waals surface area contributed by atoms with Gasteiger partial charge in [-0.25, -0.2) is 0 Å². The molecule has 3 heteroatoms. The normalized spacial score (nSPS) is 17.8. The van der Waals surface area contributed by atoms with E-state index in [1.54, 1.807) is 4.90 Å². The fourth-order valence-corrected chi connectivity index (χ4v) is 2.69. The minimum Gasteiger partial charge on any atom is -0.377 e. The maximum Gasteiger partial charge on any atom is 0.229 e. The van der Waals surface area contributed by atoms with Crippen molar-refractivity contribution in [3.8, 4) is 0 Å². The van der Waals surface area contributed by atoms with Gasteiger partial charge in [0, 0.05) is 18.4 Å². The lowest BCUT2D eigenvalue weighted by atomic mass is 9.95. The van der Waals surface area contributed by atoms with E-state index in [0.717, 1.165) is 11.4 Å². The van der Waals surface area contributed by atoms with Crippen LogP contribution in [0.3, 0.4) is 0 Å². The van der Waals surface area contributed by atoms with E-state index in [1.807, 2.05) is 37.4 Å². The number of nitrogens with one attached hydrogen (secondary N) is 1. The van der Waals surface area contributed by atoms with E-state index in [-0.39, 0.29) is 11.9 Å². The van der Waals surface area contributed by atoms with Crippen LogP contribution < -0.4 is 10.2 Å². The monoisotopic (exact) mass is 266 g/mol. The second-order valence-electron chi connectivity index (χ2n) is 5.23. The predicted molar refractivity (Wildman–Crippen MR) is 82.0 cm³/mol. The largest absolute Gasteiger partial charge is 0.377 e. The lowest BCUT2D eigenvalue weighted by Crippen LogP contribution is -2.35. The van der Waals surface area contributed by atoms with Gasteiger partial charge in [-0.1, -0.05) is 36.4 Å². The van der Waals surface area contributed by atoms with Crippen molar-refractivity contribution in [2.24, 2.45) is 0 Å². The second-order valence-corrected chi connectivity index (χ2v) is 5.23. The Balaban J connectivity index is 1.97. The summed E-state index contributed by atoms with van der Waals surface area (Å²) in [6, 6.07) is 16.3. The van der Waals surface area contributed by atoms with E-state index in [2.05, 4.69) is 30.4 Å². The summed E-state index contributed by atoms with van der Waals surface area (Å²) in [4.78, 5) is 13.9. The van der Waals surface area contributed by atoms with Gasteiger partial charge in [0.2, 0.25) is 5.91 Å². The van der Waals surface area contributed by atoms with Gasteiger partial charge in [0.25, 0.3) is 0 Å². The molecule has 0 bridgehead atoms. The quantitative estimate of drug-likeness (QED) is 0.902. The summed E-state index contributed by atoms with van der Waals surface area (Å²) in [5.74, 6) is 0.148. The lowest BCUT2D eigenvalue weighted by molar-refractivity contribution is -0.118. The first kappa shape index (κ1) is 12.7. The van der Waals surface area contributed by atoms with Crippen LogP contribution in [0.2, 0.25) is 0 Å². The Labute approximate surface area is 119 Å². The SMILES string of the molecule is Cc1ccccc1NC1CC(=O)N(C)c2ccccc21. The zero-order valence-corrected chi connectivity index (χ0v) is 11.8. The minimum absolute atomic E-state index is 0.0380. The Morgan fingerprint density at radius 1 is 1.10 bits per heavy atom. The number of benzene rings is 2. The molecular formula is C17H18N2O. The molecule has 2 aromatic carbocycles. The van der Waals surface area contributed by atoms with Crippen LogP contribution in [0, 0.1) is 6.92 Å². The van der Waals surface area contributed by atoms with E-state index in [1.165, 1.54) is 11.1 Å². The zero-order chi connectivity index (χ0) is 14.1. The smallest absolute Gasteiger partial charge is 0.229 e. The van der Waals surface area contributed by atoms with Crippen LogP contribution >= 0.6 is 0 Å². The van der Waals surface area contributed by atoms with Gasteiger partial charge >= 0.3 is 0 Å². The molecule has 0 radical (unpaired) electrons. The third kappa shape index (κ3) is 2.16. The van der Waals surface area contributed by atoms with Crippen molar-refractivity contribution in [3.05, 3.63) is 59.7 Å². The van der Waals surface area contributed by atoms with Gasteiger partial charge in [0.05, 0.1) is 12.5 Å². The Bertz CT molecular complexity index is 651. The average molecular weight is 266 g/mol. The first-order valence-electron chi connectivity index (χ1n) is 6.84. The summed E-state index contributed by atoms with van der Waals surface area (Å²) in [7, 11) is 1.84. The number of rotatable bonds is 2. The van der Waals surface area contributed by atoms with Crippen LogP contribution in [-0.2, 0) is 4.79 Å². The molecule has 3 rings (SSSR count). The Kier molecular flexibility index (Phi) is 3.18. The molecular weight excluding hydrogens is 248 g/mol. The molecule has 3 nitrogen and oxygen atoms in total. The van der Waals surface area contributed by atoms with Crippen LogP contribution in [0.1, 0.15) is 23.6 Å². The van der Waals surface area contributed by atoms with Gasteiger partial charge in [-0.2, -0.15) is 0 Å². The van der Waals surface area contributed by atoms with Gasteiger partial charge in [0.1, 0.15) is 0 Å². The average Bonchev–Trinajstić information content (AvgIpc) is 2.47. The number of hydrogen-bond donors (Lipinski definition) is 1. The molecule has 0 fully saturated rings. The lowest BCUT2D eigenvalue weighted by Gasteiger charge is -2.32. The Morgan fingerprint density at radius 3 is 2.60 bits per heavy atom. The highest BCUT2D eigenvalue weighted by atomic mass is 16.2. The topological polar surface area (TPSA) is 32.3 Å². The second kappa shape index (κ2) is 5.00. The summed E-state index contributed by atoms with van der Waals surface area (Å²) in [5, 5.41) is 3.51. The van der Waals surface area contributed by atoms with Crippen molar-refractivity contribution in [1.29, 1.82) is 0 Å². The Hall–Kier alpha value is -2.29. The van der Waals surface area contributed by atoms with E-state index >= 15 is 0 Å². The van der Waals surface area contributed by atoms with E-state index in [4.69, 9.17) is 0 Å². The fourth-order valence-electron chi connectivity index (χ4n) is 2.69. The molecule has 1 atom stereocenters. The van der Waals surface area contributed by atoms with Crippen molar-refractivity contribution in [2.75, 3.05) is 17.3 Å². The molecule has 0 aromatic heterocycles. The van der Waals surface area contributed by atoms with Crippen molar-refractivity contribution >= 4 is 17.3 Å². The highest BCUT2D eigenvalue weighted by Gasteiger charge is 2.28. The summed E-state index contributed by atoms with van der Waals surface area (Å²) in [6.07, 6.45) is 0.488. The summed E-state index contributed by atoms with van der Waals surface area (Å²) >= 11 is 0. The van der Waals surface area contributed by atoms with Crippen LogP contribution in [0.25, 0.3) is 0 Å². The van der Waals surface area contributed by atoms with Crippen LogP contribution in [-0.4, -0.2) is 13.0 Å². The summed E-state index contributed by atoms with van der Waals surface area (Å²) < 4.78 is 0. The van der Waals surface area contributed by atoms with E-state index in [9.17, 15) is 4.79 Å². The number of aryl methyl sites for hydroxylation is 1. The molecule has 20 heavy (non-hydrogen) atoms. The van der Waals surface area contributed by atoms with Gasteiger partial charge in [-0.15, -0.1) is 0 Å². The third-order valence-corrected chi connectivity index (χ3v) is 3.90. The van der Waals surface area contributed by atoms with Crippen molar-refractivity contribution in [3.63, 3.8) is 0 Å². The van der Waals surface area contributed by atoms with Gasteiger partial charge in [0.15, 0.2) is 0 Å². The Morgan fingerprint density at radius 2 is 1.80 bits per heavy atom. The van der Waals surface area contributed by atoms with Gasteiger partial charge in [-0.3, -0.25) is 4.79 Å². The number of anilines is 2. The third-order valence-electron chi connectivity index (χ3n) is 3.90. The number of hydrogen-bond acceptors (Lipinski definition) is 2. The van der Waals surface area contributed by atoms with Gasteiger partial charge < -0.3 is 10.2 Å². The van der Waals surface area contributed by atoms with Crippen molar-refractivity contribution in [2.45, 2.75) is 19.4 Å². The standard InChI is InChI=1S/C17H18N2O/c1-12-7-3-5-9-14(12)18-15-11-17(20)19(2)16-10-6-4-8-13(15)16/h3-10,15,18H,11H2,1-2H3. The first-order chi connectivity index (χ1) is 9.66. The number of carbonyl (C=O) groups excluding carboxylic acids is 1. The highest BCUT2D eigenvalue weighted by Crippen LogP contribution is 2.35. The van der Waals surface area contributed by atoms with E-state index < -0.39 is 0 Å². The molecule has 2 aromatic rings. The molecule has 1 unspecified atom stereocenters. The minimum atomic E-state index is 0.0380. The molecule has 102 valence electrons. The van der Waals surface area contributed by atoms with Crippen LogP contribution in [0.5, 0.6) is 0 Å². The number of carbonyl (C=O) groups is 1.